The van der Waals surface area contributed by atoms with Gasteiger partial charge < -0.3 is 16.5 Å². The van der Waals surface area contributed by atoms with Crippen LogP contribution in [0.2, 0.25) is 0 Å². The molecule has 2 saturated heterocycles. The molecule has 0 radical (unpaired) electrons. The summed E-state index contributed by atoms with van der Waals surface area (Å²) >= 11 is 0. The molecule has 0 saturated carbocycles. The first-order chi connectivity index (χ1) is 10.2. The molecule has 1 amide bonds. The number of hydrogen-bond acceptors (Lipinski definition) is 4. The Hall–Kier alpha value is -1.88. The molecule has 1 aromatic rings. The lowest BCUT2D eigenvalue weighted by molar-refractivity contribution is 0.0788. The number of nitrogen functional groups attached to an aromatic ring is 1. The van der Waals surface area contributed by atoms with E-state index in [9.17, 15) is 4.79 Å². The van der Waals surface area contributed by atoms with Crippen LogP contribution in [0.5, 0.6) is 0 Å². The van der Waals surface area contributed by atoms with Gasteiger partial charge in [0, 0.05) is 36.1 Å². The molecule has 1 unspecified atom stereocenters. The molecule has 0 spiro atoms. The molecular formula is C16H22N4O. The van der Waals surface area contributed by atoms with Crippen molar-refractivity contribution in [1.29, 1.82) is 5.41 Å². The second kappa shape index (κ2) is 5.85. The van der Waals surface area contributed by atoms with Crippen LogP contribution in [-0.2, 0) is 0 Å². The third-order valence-corrected chi connectivity index (χ3v) is 4.67. The third-order valence-electron chi connectivity index (χ3n) is 4.67. The number of hydrogen-bond donors (Lipinski definition) is 3. The third kappa shape index (κ3) is 2.78. The largest absolute Gasteiger partial charge is 0.398 e. The normalized spacial score (nSPS) is 25.3. The van der Waals surface area contributed by atoms with Crippen molar-refractivity contribution in [3.63, 3.8) is 0 Å². The maximum atomic E-state index is 12.5. The zero-order chi connectivity index (χ0) is 14.8. The molecule has 1 aromatic carbocycles. The first-order valence-corrected chi connectivity index (χ1v) is 7.63. The molecule has 3 rings (SSSR count). The fraction of sp³-hybridized carbons (Fsp3) is 0.500. The quantitative estimate of drug-likeness (QED) is 0.583. The van der Waals surface area contributed by atoms with Crippen LogP contribution in [0, 0.1) is 5.41 Å². The van der Waals surface area contributed by atoms with Gasteiger partial charge in [-0.15, -0.1) is 0 Å². The number of carbonyl (C=O) groups is 1. The topological polar surface area (TPSA) is 82.2 Å². The lowest BCUT2D eigenvalue weighted by atomic mass is 10.00. The van der Waals surface area contributed by atoms with Crippen LogP contribution in [0.3, 0.4) is 0 Å². The Morgan fingerprint density at radius 2 is 2.24 bits per heavy atom. The number of nitrogens with zero attached hydrogens (tertiary/aromatic N) is 1. The molecule has 2 atom stereocenters. The molecule has 0 aliphatic carbocycles. The van der Waals surface area contributed by atoms with E-state index in [0.717, 1.165) is 31.8 Å². The van der Waals surface area contributed by atoms with Crippen LogP contribution in [0.1, 0.15) is 41.6 Å². The first-order valence-electron chi connectivity index (χ1n) is 7.63. The number of rotatable bonds is 3. The Labute approximate surface area is 125 Å². The minimum atomic E-state index is -0.121. The zero-order valence-corrected chi connectivity index (χ0v) is 12.1. The Morgan fingerprint density at radius 1 is 1.38 bits per heavy atom. The van der Waals surface area contributed by atoms with E-state index in [1.807, 2.05) is 0 Å². The van der Waals surface area contributed by atoms with Gasteiger partial charge in [0.2, 0.25) is 0 Å². The number of amides is 1. The van der Waals surface area contributed by atoms with Gasteiger partial charge in [0.15, 0.2) is 0 Å². The van der Waals surface area contributed by atoms with Gasteiger partial charge in [0.05, 0.1) is 5.56 Å². The van der Waals surface area contributed by atoms with Gasteiger partial charge >= 0.3 is 0 Å². The van der Waals surface area contributed by atoms with Crippen LogP contribution >= 0.6 is 0 Å². The Bertz CT molecular complexity index is 557. The van der Waals surface area contributed by atoms with Crippen molar-refractivity contribution < 1.29 is 4.79 Å². The minimum absolute atomic E-state index is 0.121. The van der Waals surface area contributed by atoms with E-state index in [1.165, 1.54) is 19.3 Å². The fourth-order valence-corrected chi connectivity index (χ4v) is 3.36. The van der Waals surface area contributed by atoms with Gasteiger partial charge in [0.1, 0.15) is 0 Å². The summed E-state index contributed by atoms with van der Waals surface area (Å²) in [4.78, 5) is 14.9. The number of benzene rings is 1. The molecule has 21 heavy (non-hydrogen) atoms. The number of nitrogens with one attached hydrogen (secondary N) is 2. The van der Waals surface area contributed by atoms with E-state index in [1.54, 1.807) is 18.2 Å². The highest BCUT2D eigenvalue weighted by Crippen LogP contribution is 2.27. The SMILES string of the molecule is N=Cc1c(N)cccc1C(=O)N[C@H]1CCCC2CCN2C1. The Kier molecular flexibility index (Phi) is 3.92. The monoisotopic (exact) mass is 286 g/mol. The van der Waals surface area contributed by atoms with E-state index < -0.39 is 0 Å². The zero-order valence-electron chi connectivity index (χ0n) is 12.1. The smallest absolute Gasteiger partial charge is 0.252 e. The minimum Gasteiger partial charge on any atom is -0.398 e. The molecule has 2 aliphatic heterocycles. The summed E-state index contributed by atoms with van der Waals surface area (Å²) in [5, 5.41) is 10.6. The summed E-state index contributed by atoms with van der Waals surface area (Å²) in [6, 6.07) is 6.14. The van der Waals surface area contributed by atoms with Crippen molar-refractivity contribution in [1.82, 2.24) is 10.2 Å². The predicted molar refractivity (Wildman–Crippen MR) is 83.8 cm³/mol. The van der Waals surface area contributed by atoms with Crippen molar-refractivity contribution in [2.45, 2.75) is 37.8 Å². The van der Waals surface area contributed by atoms with Gasteiger partial charge in [-0.3, -0.25) is 9.69 Å². The Balaban J connectivity index is 1.71. The van der Waals surface area contributed by atoms with E-state index in [0.29, 0.717) is 16.8 Å². The summed E-state index contributed by atoms with van der Waals surface area (Å²) in [5.41, 5.74) is 7.31. The van der Waals surface area contributed by atoms with E-state index in [4.69, 9.17) is 11.1 Å². The van der Waals surface area contributed by atoms with Gasteiger partial charge in [-0.1, -0.05) is 6.07 Å². The van der Waals surface area contributed by atoms with Crippen LogP contribution in [0.25, 0.3) is 0 Å². The van der Waals surface area contributed by atoms with Crippen molar-refractivity contribution in [3.05, 3.63) is 29.3 Å². The van der Waals surface area contributed by atoms with Crippen LogP contribution in [0.15, 0.2) is 18.2 Å². The molecule has 2 fully saturated rings. The lowest BCUT2D eigenvalue weighted by Crippen LogP contribution is -2.52. The summed E-state index contributed by atoms with van der Waals surface area (Å²) in [6.45, 7) is 2.10. The maximum absolute atomic E-state index is 12.5. The molecule has 0 bridgehead atoms. The number of carbonyl (C=O) groups excluding carboxylic acids is 1. The molecule has 5 heteroatoms. The molecule has 4 N–H and O–H groups in total. The van der Waals surface area contributed by atoms with E-state index in [-0.39, 0.29) is 11.9 Å². The Morgan fingerprint density at radius 3 is 2.95 bits per heavy atom. The second-order valence-electron chi connectivity index (χ2n) is 5.99. The van der Waals surface area contributed by atoms with Gasteiger partial charge in [0.25, 0.3) is 5.91 Å². The lowest BCUT2D eigenvalue weighted by Gasteiger charge is -2.40. The first kappa shape index (κ1) is 14.1. The standard InChI is InChI=1S/C16H22N4O/c17-9-14-13(5-2-6-15(14)18)16(21)19-11-3-1-4-12-7-8-20(12)10-11/h2,5-6,9,11-12,17H,1,3-4,7-8,10,18H2,(H,19,21)/t11-,12?/m0/s1. The molecule has 112 valence electrons. The van der Waals surface area contributed by atoms with Gasteiger partial charge in [-0.05, 0) is 44.4 Å². The van der Waals surface area contributed by atoms with Gasteiger partial charge in [-0.2, -0.15) is 0 Å². The predicted octanol–water partition coefficient (Wildman–Crippen LogP) is 1.62. The van der Waals surface area contributed by atoms with Crippen molar-refractivity contribution in [2.24, 2.45) is 0 Å². The highest BCUT2D eigenvalue weighted by atomic mass is 16.1. The van der Waals surface area contributed by atoms with Crippen LogP contribution in [-0.4, -0.2) is 42.2 Å². The molecule has 2 aliphatic rings. The van der Waals surface area contributed by atoms with E-state index in [2.05, 4.69) is 10.2 Å². The molecule has 2 heterocycles. The summed E-state index contributed by atoms with van der Waals surface area (Å²) in [6.07, 6.45) is 5.90. The number of fused-ring (bicyclic) bond motifs is 1. The average molecular weight is 286 g/mol. The number of anilines is 1. The summed E-state index contributed by atoms with van der Waals surface area (Å²) in [7, 11) is 0. The van der Waals surface area contributed by atoms with E-state index >= 15 is 0 Å². The highest BCUT2D eigenvalue weighted by Gasteiger charge is 2.32. The average Bonchev–Trinajstić information content (AvgIpc) is 2.59. The van der Waals surface area contributed by atoms with Gasteiger partial charge in [-0.25, -0.2) is 0 Å². The van der Waals surface area contributed by atoms with Crippen LogP contribution < -0.4 is 11.1 Å². The molecule has 0 aromatic heterocycles. The van der Waals surface area contributed by atoms with Crippen molar-refractivity contribution in [2.75, 3.05) is 18.8 Å². The number of nitrogens with two attached hydrogens (primary N) is 1. The summed E-state index contributed by atoms with van der Waals surface area (Å²) < 4.78 is 0. The van der Waals surface area contributed by atoms with Crippen molar-refractivity contribution >= 4 is 17.8 Å². The highest BCUT2D eigenvalue weighted by molar-refractivity contribution is 6.04. The molecular weight excluding hydrogens is 264 g/mol. The fourth-order valence-electron chi connectivity index (χ4n) is 3.36. The summed E-state index contributed by atoms with van der Waals surface area (Å²) in [5.74, 6) is -0.121. The maximum Gasteiger partial charge on any atom is 0.252 e. The second-order valence-corrected chi connectivity index (χ2v) is 5.99. The van der Waals surface area contributed by atoms with Crippen LogP contribution in [0.4, 0.5) is 5.69 Å². The van der Waals surface area contributed by atoms with Crippen molar-refractivity contribution in [3.8, 4) is 0 Å². The molecule has 5 nitrogen and oxygen atoms in total.